The van der Waals surface area contributed by atoms with E-state index in [-0.39, 0.29) is 0 Å². The molecule has 66 heavy (non-hydrogen) atoms. The van der Waals surface area contributed by atoms with Crippen LogP contribution < -0.4 is 0 Å². The van der Waals surface area contributed by atoms with Crippen LogP contribution in [0.2, 0.25) is 0 Å². The summed E-state index contributed by atoms with van der Waals surface area (Å²) in [4.78, 5) is 0. The molecule has 0 unspecified atom stereocenters. The van der Waals surface area contributed by atoms with E-state index in [0.717, 1.165) is 0 Å². The normalized spacial score (nSPS) is 12.7. The van der Waals surface area contributed by atoms with Crippen LogP contribution in [-0.4, -0.2) is 24.6 Å². The van der Waals surface area contributed by atoms with Crippen molar-refractivity contribution in [2.75, 3.05) is 24.6 Å². The molecule has 0 saturated heterocycles. The summed E-state index contributed by atoms with van der Waals surface area (Å²) in [7, 11) is 0. The Kier molecular flexibility index (Phi) is 56.0. The number of unbranched alkanes of at least 4 members (excludes halogenated alkanes) is 52. The Morgan fingerprint density at radius 1 is 0.152 bits per heavy atom. The van der Waals surface area contributed by atoms with Gasteiger partial charge in [0.25, 0.3) is 0 Å². The van der Waals surface area contributed by atoms with Gasteiger partial charge in [0.05, 0.1) is 0 Å². The van der Waals surface area contributed by atoms with Gasteiger partial charge in [-0.15, -0.1) is 0 Å². The van der Waals surface area contributed by atoms with Crippen molar-refractivity contribution in [3.8, 4) is 0 Å². The number of rotatable bonds is 60. The van der Waals surface area contributed by atoms with E-state index in [1.807, 2.05) is 0 Å². The molecule has 0 aromatic heterocycles. The van der Waals surface area contributed by atoms with Gasteiger partial charge in [-0.3, -0.25) is 0 Å². The van der Waals surface area contributed by atoms with E-state index in [9.17, 15) is 0 Å². The Labute approximate surface area is 430 Å². The van der Waals surface area contributed by atoms with Crippen LogP contribution in [0.15, 0.2) is 0 Å². The number of hydrogen-bond acceptors (Lipinski definition) is 0. The summed E-state index contributed by atoms with van der Waals surface area (Å²) in [5.74, 6) is 0. The van der Waals surface area contributed by atoms with Gasteiger partial charge in [0, 0.05) is 0 Å². The van der Waals surface area contributed by atoms with Crippen molar-refractivity contribution < 1.29 is 0 Å². The molecule has 0 aliphatic heterocycles. The van der Waals surface area contributed by atoms with Crippen molar-refractivity contribution in [1.82, 2.24) is 0 Å². The molecular weight excluding hydrogens is 880 g/mol. The van der Waals surface area contributed by atoms with Gasteiger partial charge in [0.15, 0.2) is 0 Å². The van der Waals surface area contributed by atoms with E-state index in [0.29, 0.717) is 0 Å². The first-order valence-electron chi connectivity index (χ1n) is 32.3. The summed E-state index contributed by atoms with van der Waals surface area (Å²) < 4.78 is 0. The van der Waals surface area contributed by atoms with Gasteiger partial charge in [-0.25, -0.2) is 0 Å². The molecule has 0 aliphatic rings. The van der Waals surface area contributed by atoms with Crippen LogP contribution in [0, 0.1) is 0 Å². The van der Waals surface area contributed by atoms with E-state index in [1.165, 1.54) is 360 Å². The van der Waals surface area contributed by atoms with E-state index >= 15 is 0 Å². The first-order chi connectivity index (χ1) is 32.5. The Balaban J connectivity index is 5.08. The van der Waals surface area contributed by atoms with Gasteiger partial charge in [-0.05, 0) is 0 Å². The van der Waals surface area contributed by atoms with Crippen LogP contribution in [0.3, 0.4) is 0 Å². The Bertz CT molecular complexity index is 730. The maximum atomic E-state index is 4.97. The minimum absolute atomic E-state index is 1.37. The number of hydrogen-bond donors (Lipinski definition) is 0. The van der Waals surface area contributed by atoms with E-state index in [1.54, 1.807) is 24.6 Å². The van der Waals surface area contributed by atoms with Gasteiger partial charge >= 0.3 is 328 Å². The number of halogens is 1. The van der Waals surface area contributed by atoms with Crippen LogP contribution in [0.1, 0.15) is 387 Å². The van der Waals surface area contributed by atoms with E-state index in [2.05, 4.69) is 27.7 Å². The monoisotopic (exact) mass is 1010 g/mol. The summed E-state index contributed by atoms with van der Waals surface area (Å²) >= 11 is 4.97. The Hall–Kier alpha value is 0.910. The fourth-order valence-electron chi connectivity index (χ4n) is 11.5. The molecule has 0 spiro atoms. The SMILES string of the molecule is CCCCCCCCCCCCCCCCP(Br)(CCCCCCCCCCCCCCCC)(CCCCCCCCCCCCCCCC)CCCCCCCCCCCCCCCC. The molecule has 0 atom stereocenters. The molecule has 0 radical (unpaired) electrons. The molecule has 0 aromatic rings. The van der Waals surface area contributed by atoms with Crippen molar-refractivity contribution in [3.63, 3.8) is 0 Å². The van der Waals surface area contributed by atoms with Gasteiger partial charge in [0.2, 0.25) is 0 Å². The summed E-state index contributed by atoms with van der Waals surface area (Å²) in [6.45, 7) is 9.34. The Morgan fingerprint density at radius 3 is 0.348 bits per heavy atom. The van der Waals surface area contributed by atoms with Gasteiger partial charge in [-0.2, -0.15) is 0 Å². The summed E-state index contributed by atoms with van der Waals surface area (Å²) in [5.41, 5.74) is 0. The van der Waals surface area contributed by atoms with Crippen LogP contribution in [0.4, 0.5) is 0 Å². The Morgan fingerprint density at radius 2 is 0.242 bits per heavy atom. The van der Waals surface area contributed by atoms with Crippen molar-refractivity contribution in [1.29, 1.82) is 0 Å². The molecule has 0 fully saturated rings. The van der Waals surface area contributed by atoms with Crippen molar-refractivity contribution in [2.45, 2.75) is 387 Å². The first kappa shape index (κ1) is 66.9. The molecule has 0 bridgehead atoms. The zero-order valence-electron chi connectivity index (χ0n) is 47.3. The average Bonchev–Trinajstić information content (AvgIpc) is 3.32. The zero-order valence-corrected chi connectivity index (χ0v) is 49.7. The molecule has 0 nitrogen and oxygen atoms in total. The van der Waals surface area contributed by atoms with Crippen LogP contribution in [0.25, 0.3) is 0 Å². The van der Waals surface area contributed by atoms with Gasteiger partial charge in [0.1, 0.15) is 0 Å². The van der Waals surface area contributed by atoms with E-state index < -0.39 is 5.31 Å². The molecular formula is C64H132BrP. The van der Waals surface area contributed by atoms with Gasteiger partial charge < -0.3 is 0 Å². The molecule has 0 saturated carbocycles. The average molecular weight is 1010 g/mol. The second-order valence-electron chi connectivity index (χ2n) is 23.1. The molecule has 2 heteroatoms. The van der Waals surface area contributed by atoms with Crippen molar-refractivity contribution in [3.05, 3.63) is 0 Å². The third kappa shape index (κ3) is 49.9. The minimum atomic E-state index is -1.90. The van der Waals surface area contributed by atoms with Crippen molar-refractivity contribution in [2.24, 2.45) is 0 Å². The third-order valence-electron chi connectivity index (χ3n) is 16.3. The predicted octanol–water partition coefficient (Wildman–Crippen LogP) is 25.8. The summed E-state index contributed by atoms with van der Waals surface area (Å²) in [6.07, 6.45) is 89.0. The zero-order chi connectivity index (χ0) is 47.9. The third-order valence-corrected chi connectivity index (χ3v) is 26.3. The summed E-state index contributed by atoms with van der Waals surface area (Å²) in [5, 5.41) is -1.90. The summed E-state index contributed by atoms with van der Waals surface area (Å²) in [6, 6.07) is 0. The second kappa shape index (κ2) is 55.2. The molecule has 0 aliphatic carbocycles. The second-order valence-corrected chi connectivity index (χ2v) is 34.5. The first-order valence-corrected chi connectivity index (χ1v) is 37.3. The molecule has 0 rings (SSSR count). The quantitative estimate of drug-likeness (QED) is 0.0421. The minimum Gasteiger partial charge on any atom is -0.0654 e. The fraction of sp³-hybridized carbons (Fsp3) is 1.00. The van der Waals surface area contributed by atoms with Crippen molar-refractivity contribution >= 4 is 20.8 Å². The van der Waals surface area contributed by atoms with E-state index in [4.69, 9.17) is 15.5 Å². The van der Waals surface area contributed by atoms with Crippen LogP contribution >= 0.6 is 20.8 Å². The molecule has 0 heterocycles. The van der Waals surface area contributed by atoms with Gasteiger partial charge in [-0.1, -0.05) is 105 Å². The molecule has 0 aromatic carbocycles. The standard InChI is InChI=1S/C64H132BrP/c1-5-9-13-17-21-25-29-33-37-41-45-49-53-57-61-66(65,62-58-54-50-46-42-38-34-30-26-22-18-14-10-6-2,63-59-55-51-47-43-39-35-31-27-23-19-15-11-7-3)64-60-56-52-48-44-40-36-32-28-24-20-16-12-8-4/h5-64H2,1-4H3. The molecule has 0 amide bonds. The topological polar surface area (TPSA) is 0 Å². The molecule has 0 N–H and O–H groups in total. The molecule has 400 valence electrons. The smallest absolute Gasteiger partial charge is 0.0654 e. The maximum absolute atomic E-state index is 4.97. The van der Waals surface area contributed by atoms with Crippen LogP contribution in [0.5, 0.6) is 0 Å². The fourth-order valence-corrected chi connectivity index (χ4v) is 19.9. The van der Waals surface area contributed by atoms with Crippen LogP contribution in [-0.2, 0) is 0 Å². The predicted molar refractivity (Wildman–Crippen MR) is 317 cm³/mol.